The number of carbonyl (C=O) groups excluding carboxylic acids is 3. The number of nitrogens with two attached hydrogens (primary N) is 1. The topological polar surface area (TPSA) is 92.5 Å². The van der Waals surface area contributed by atoms with Crippen LogP contribution in [-0.2, 0) is 11.3 Å². The fraction of sp³-hybridized carbons (Fsp3) is 0.136. The second-order valence-electron chi connectivity index (χ2n) is 6.44. The number of hydrogen-bond donors (Lipinski definition) is 2. The minimum atomic E-state index is -0.456. The number of amides is 3. The fourth-order valence-electron chi connectivity index (χ4n) is 2.78. The number of hydrogen-bond acceptors (Lipinski definition) is 4. The third-order valence-electron chi connectivity index (χ3n) is 4.27. The van der Waals surface area contributed by atoms with E-state index in [0.717, 1.165) is 5.56 Å². The van der Waals surface area contributed by atoms with E-state index in [1.807, 2.05) is 41.8 Å². The Morgan fingerprint density at radius 1 is 0.931 bits per heavy atom. The van der Waals surface area contributed by atoms with Crippen molar-refractivity contribution in [3.63, 3.8) is 0 Å². The van der Waals surface area contributed by atoms with Crippen molar-refractivity contribution in [2.75, 3.05) is 11.9 Å². The molecule has 0 saturated heterocycles. The second-order valence-corrected chi connectivity index (χ2v) is 7.39. The molecule has 3 N–H and O–H groups in total. The average Bonchev–Trinajstić information content (AvgIpc) is 3.27. The quantitative estimate of drug-likeness (QED) is 0.598. The van der Waals surface area contributed by atoms with Gasteiger partial charge in [-0.2, -0.15) is 0 Å². The van der Waals surface area contributed by atoms with E-state index in [9.17, 15) is 14.4 Å². The van der Waals surface area contributed by atoms with Gasteiger partial charge in [-0.3, -0.25) is 14.4 Å². The van der Waals surface area contributed by atoms with Gasteiger partial charge in [0, 0.05) is 30.8 Å². The molecule has 0 saturated carbocycles. The Morgan fingerprint density at radius 2 is 1.66 bits per heavy atom. The fourth-order valence-corrected chi connectivity index (χ4v) is 3.40. The normalized spacial score (nSPS) is 10.3. The molecule has 0 fully saturated rings. The number of nitrogens with zero attached hydrogens (tertiary/aromatic N) is 1. The van der Waals surface area contributed by atoms with Crippen molar-refractivity contribution < 1.29 is 14.4 Å². The summed E-state index contributed by atoms with van der Waals surface area (Å²) in [5.41, 5.74) is 7.30. The van der Waals surface area contributed by atoms with Crippen LogP contribution in [0.4, 0.5) is 5.69 Å². The number of carbonyl (C=O) groups is 3. The van der Waals surface area contributed by atoms with Crippen LogP contribution in [0, 0.1) is 0 Å². The van der Waals surface area contributed by atoms with Crippen LogP contribution in [0.1, 0.15) is 32.0 Å². The second kappa shape index (κ2) is 9.66. The number of rotatable bonds is 8. The summed E-state index contributed by atoms with van der Waals surface area (Å²) in [6.07, 6.45) is 0.0908. The van der Waals surface area contributed by atoms with Gasteiger partial charge in [-0.1, -0.05) is 36.4 Å². The van der Waals surface area contributed by atoms with Crippen LogP contribution >= 0.6 is 11.3 Å². The lowest BCUT2D eigenvalue weighted by Crippen LogP contribution is -2.33. The zero-order valence-corrected chi connectivity index (χ0v) is 16.5. The third kappa shape index (κ3) is 5.76. The first-order chi connectivity index (χ1) is 14.0. The molecule has 0 unspecified atom stereocenters. The Bertz CT molecular complexity index is 970. The molecule has 2 aromatic carbocycles. The van der Waals surface area contributed by atoms with Crippen LogP contribution in [0.5, 0.6) is 0 Å². The molecule has 1 heterocycles. The minimum absolute atomic E-state index is 0.0908. The summed E-state index contributed by atoms with van der Waals surface area (Å²) in [4.78, 5) is 38.5. The molecule has 0 bridgehead atoms. The average molecular weight is 407 g/mol. The van der Waals surface area contributed by atoms with Crippen molar-refractivity contribution in [2.24, 2.45) is 5.73 Å². The van der Waals surface area contributed by atoms with Gasteiger partial charge in [0.15, 0.2) is 0 Å². The van der Waals surface area contributed by atoms with Crippen LogP contribution in [0.15, 0.2) is 72.1 Å². The lowest BCUT2D eigenvalue weighted by molar-refractivity contribution is -0.118. The van der Waals surface area contributed by atoms with Gasteiger partial charge in [0.05, 0.1) is 4.88 Å². The molecular formula is C22H21N3O3S. The first-order valence-corrected chi connectivity index (χ1v) is 9.97. The van der Waals surface area contributed by atoms with Gasteiger partial charge in [0.1, 0.15) is 0 Å². The maximum Gasteiger partial charge on any atom is 0.265 e. The van der Waals surface area contributed by atoms with E-state index in [-0.39, 0.29) is 24.8 Å². The van der Waals surface area contributed by atoms with Gasteiger partial charge in [-0.15, -0.1) is 11.3 Å². The molecule has 3 aromatic rings. The molecule has 0 aliphatic rings. The van der Waals surface area contributed by atoms with Crippen molar-refractivity contribution in [2.45, 2.75) is 13.0 Å². The summed E-state index contributed by atoms with van der Waals surface area (Å²) in [5, 5.41) is 4.64. The summed E-state index contributed by atoms with van der Waals surface area (Å²) < 4.78 is 0. The SMILES string of the molecule is NC(=O)CCN(Cc1ccccc1)C(=O)c1ccc(NC(=O)c2cccs2)cc1. The van der Waals surface area contributed by atoms with Crippen molar-refractivity contribution in [3.05, 3.63) is 88.1 Å². The van der Waals surface area contributed by atoms with E-state index in [1.54, 1.807) is 35.2 Å². The van der Waals surface area contributed by atoms with Crippen LogP contribution in [0.25, 0.3) is 0 Å². The van der Waals surface area contributed by atoms with E-state index in [2.05, 4.69) is 5.32 Å². The minimum Gasteiger partial charge on any atom is -0.370 e. The number of benzene rings is 2. The number of anilines is 1. The maximum absolute atomic E-state index is 13.0. The maximum atomic E-state index is 13.0. The van der Waals surface area contributed by atoms with Crippen LogP contribution < -0.4 is 11.1 Å². The molecule has 7 heteroatoms. The lowest BCUT2D eigenvalue weighted by Gasteiger charge is -2.22. The molecule has 29 heavy (non-hydrogen) atoms. The van der Waals surface area contributed by atoms with Gasteiger partial charge in [-0.25, -0.2) is 0 Å². The summed E-state index contributed by atoms with van der Waals surface area (Å²) in [6, 6.07) is 19.8. The van der Waals surface area contributed by atoms with Crippen LogP contribution in [-0.4, -0.2) is 29.2 Å². The highest BCUT2D eigenvalue weighted by atomic mass is 32.1. The Labute approximate surface area is 173 Å². The predicted molar refractivity (Wildman–Crippen MR) is 114 cm³/mol. The van der Waals surface area contributed by atoms with E-state index in [1.165, 1.54) is 11.3 Å². The van der Waals surface area contributed by atoms with E-state index in [4.69, 9.17) is 5.73 Å². The molecule has 0 atom stereocenters. The molecule has 0 radical (unpaired) electrons. The molecule has 0 spiro atoms. The molecule has 148 valence electrons. The van der Waals surface area contributed by atoms with Gasteiger partial charge < -0.3 is 16.0 Å². The zero-order valence-electron chi connectivity index (χ0n) is 15.7. The van der Waals surface area contributed by atoms with E-state index < -0.39 is 5.91 Å². The van der Waals surface area contributed by atoms with Gasteiger partial charge >= 0.3 is 0 Å². The van der Waals surface area contributed by atoms with Crippen molar-refractivity contribution in [1.29, 1.82) is 0 Å². The summed E-state index contributed by atoms with van der Waals surface area (Å²) in [6.45, 7) is 0.615. The highest BCUT2D eigenvalue weighted by Gasteiger charge is 2.17. The highest BCUT2D eigenvalue weighted by molar-refractivity contribution is 7.12. The highest BCUT2D eigenvalue weighted by Crippen LogP contribution is 2.16. The standard InChI is InChI=1S/C22H21N3O3S/c23-20(26)12-13-25(15-16-5-2-1-3-6-16)22(28)17-8-10-18(11-9-17)24-21(27)19-7-4-14-29-19/h1-11,14H,12-13,15H2,(H2,23,26)(H,24,27). The van der Waals surface area contributed by atoms with Gasteiger partial charge in [0.25, 0.3) is 11.8 Å². The Kier molecular flexibility index (Phi) is 6.76. The van der Waals surface area contributed by atoms with E-state index in [0.29, 0.717) is 22.7 Å². The molecule has 1 aromatic heterocycles. The lowest BCUT2D eigenvalue weighted by atomic mass is 10.1. The van der Waals surface area contributed by atoms with E-state index >= 15 is 0 Å². The largest absolute Gasteiger partial charge is 0.370 e. The molecule has 3 amide bonds. The zero-order chi connectivity index (χ0) is 20.6. The molecule has 3 rings (SSSR count). The van der Waals surface area contributed by atoms with Crippen molar-refractivity contribution in [1.82, 2.24) is 4.90 Å². The molecular weight excluding hydrogens is 386 g/mol. The number of nitrogens with one attached hydrogen (secondary N) is 1. The monoisotopic (exact) mass is 407 g/mol. The summed E-state index contributed by atoms with van der Waals surface area (Å²) in [7, 11) is 0. The van der Waals surface area contributed by atoms with Gasteiger partial charge in [0.2, 0.25) is 5.91 Å². The molecule has 0 aliphatic carbocycles. The van der Waals surface area contributed by atoms with Crippen LogP contribution in [0.2, 0.25) is 0 Å². The van der Waals surface area contributed by atoms with Gasteiger partial charge in [-0.05, 0) is 41.3 Å². The predicted octanol–water partition coefficient (Wildman–Crippen LogP) is 3.52. The first kappa shape index (κ1) is 20.3. The third-order valence-corrected chi connectivity index (χ3v) is 5.13. The Balaban J connectivity index is 1.70. The van der Waals surface area contributed by atoms with Crippen molar-refractivity contribution >= 4 is 34.7 Å². The Morgan fingerprint density at radius 3 is 2.28 bits per heavy atom. The van der Waals surface area contributed by atoms with Crippen molar-refractivity contribution in [3.8, 4) is 0 Å². The first-order valence-electron chi connectivity index (χ1n) is 9.09. The smallest absolute Gasteiger partial charge is 0.265 e. The number of thiophene rings is 1. The Hall–Kier alpha value is -3.45. The molecule has 0 aliphatic heterocycles. The van der Waals surface area contributed by atoms with Crippen LogP contribution in [0.3, 0.4) is 0 Å². The summed E-state index contributed by atoms with van der Waals surface area (Å²) in [5.74, 6) is -0.847. The molecule has 6 nitrogen and oxygen atoms in total. The number of primary amides is 1. The summed E-state index contributed by atoms with van der Waals surface area (Å²) >= 11 is 1.36.